The maximum absolute atomic E-state index is 6.14. The summed E-state index contributed by atoms with van der Waals surface area (Å²) in [6.07, 6.45) is 6.22. The predicted octanol–water partition coefficient (Wildman–Crippen LogP) is 4.28. The van der Waals surface area contributed by atoms with Gasteiger partial charge in [-0.3, -0.25) is 0 Å². The summed E-state index contributed by atoms with van der Waals surface area (Å²) in [4.78, 5) is 0. The van der Waals surface area contributed by atoms with Gasteiger partial charge in [0, 0.05) is 10.9 Å². The van der Waals surface area contributed by atoms with Crippen molar-refractivity contribution in [1.82, 2.24) is 0 Å². The van der Waals surface area contributed by atoms with E-state index in [0.29, 0.717) is 5.92 Å². The van der Waals surface area contributed by atoms with E-state index in [1.54, 1.807) is 7.11 Å². The Kier molecular flexibility index (Phi) is 4.90. The van der Waals surface area contributed by atoms with Crippen LogP contribution in [-0.4, -0.2) is 7.11 Å². The third kappa shape index (κ3) is 3.41. The molecule has 1 rings (SSSR count). The third-order valence-electron chi connectivity index (χ3n) is 2.80. The molecule has 0 spiro atoms. The quantitative estimate of drug-likeness (QED) is 0.725. The van der Waals surface area contributed by atoms with Crippen molar-refractivity contribution >= 4 is 11.6 Å². The number of benzene rings is 1. The molecule has 1 aromatic rings. The first kappa shape index (κ1) is 13.9. The summed E-state index contributed by atoms with van der Waals surface area (Å²) in [7, 11) is 1.69. The minimum absolute atomic E-state index is 0.183. The van der Waals surface area contributed by atoms with E-state index in [1.165, 1.54) is 0 Å². The highest BCUT2D eigenvalue weighted by Gasteiger charge is 2.15. The van der Waals surface area contributed by atoms with Crippen LogP contribution < -0.4 is 4.74 Å². The monoisotopic (exact) mass is 250 g/mol. The fraction of sp³-hybridized carbons (Fsp3) is 0.467. The number of hydrogen-bond donors (Lipinski definition) is 0. The molecule has 0 bridgehead atoms. The first-order valence-corrected chi connectivity index (χ1v) is 6.19. The van der Waals surface area contributed by atoms with Crippen LogP contribution in [0.25, 0.3) is 0 Å². The van der Waals surface area contributed by atoms with Crippen LogP contribution in [-0.2, 0) is 6.42 Å². The Hall–Kier alpha value is -1.13. The minimum atomic E-state index is 0.183. The first-order chi connectivity index (χ1) is 7.99. The maximum Gasteiger partial charge on any atom is 0.125 e. The molecule has 0 radical (unpaired) electrons. The van der Waals surface area contributed by atoms with Crippen molar-refractivity contribution in [2.75, 3.05) is 7.11 Å². The van der Waals surface area contributed by atoms with E-state index >= 15 is 0 Å². The van der Waals surface area contributed by atoms with Gasteiger partial charge in [0.25, 0.3) is 0 Å². The molecule has 1 unspecified atom stereocenters. The smallest absolute Gasteiger partial charge is 0.125 e. The van der Waals surface area contributed by atoms with Gasteiger partial charge in [0.2, 0.25) is 0 Å². The number of hydrogen-bond acceptors (Lipinski definition) is 1. The number of terminal acetylenes is 1. The van der Waals surface area contributed by atoms with Gasteiger partial charge < -0.3 is 4.74 Å². The van der Waals surface area contributed by atoms with Crippen LogP contribution in [0, 0.1) is 18.3 Å². The number of rotatable bonds is 4. The molecule has 17 heavy (non-hydrogen) atoms. The summed E-state index contributed by atoms with van der Waals surface area (Å²) in [5.74, 6) is 4.22. The normalized spacial score (nSPS) is 12.3. The SMILES string of the molecule is C#CC(C)Cc1cc(Cl)cc(C(C)C)c1OC. The summed E-state index contributed by atoms with van der Waals surface area (Å²) in [5, 5.41) is 0.744. The number of methoxy groups -OCH3 is 1. The van der Waals surface area contributed by atoms with Crippen molar-refractivity contribution in [3.63, 3.8) is 0 Å². The van der Waals surface area contributed by atoms with Crippen LogP contribution in [0.2, 0.25) is 5.02 Å². The van der Waals surface area contributed by atoms with Crippen molar-refractivity contribution in [3.05, 3.63) is 28.3 Å². The molecular weight excluding hydrogens is 232 g/mol. The van der Waals surface area contributed by atoms with E-state index in [0.717, 1.165) is 28.3 Å². The van der Waals surface area contributed by atoms with E-state index in [-0.39, 0.29) is 5.92 Å². The van der Waals surface area contributed by atoms with E-state index in [2.05, 4.69) is 19.8 Å². The molecule has 0 amide bonds. The number of ether oxygens (including phenoxy) is 1. The highest BCUT2D eigenvalue weighted by Crippen LogP contribution is 2.34. The Morgan fingerprint density at radius 1 is 1.35 bits per heavy atom. The van der Waals surface area contributed by atoms with Crippen LogP contribution >= 0.6 is 11.6 Å². The van der Waals surface area contributed by atoms with E-state index in [4.69, 9.17) is 22.8 Å². The van der Waals surface area contributed by atoms with Gasteiger partial charge in [0.15, 0.2) is 0 Å². The Morgan fingerprint density at radius 2 is 2.00 bits per heavy atom. The van der Waals surface area contributed by atoms with Crippen LogP contribution in [0.5, 0.6) is 5.75 Å². The first-order valence-electron chi connectivity index (χ1n) is 5.82. The van der Waals surface area contributed by atoms with Gasteiger partial charge in [-0.15, -0.1) is 12.3 Å². The summed E-state index contributed by atoms with van der Waals surface area (Å²) in [6, 6.07) is 3.91. The van der Waals surface area contributed by atoms with Gasteiger partial charge in [0.1, 0.15) is 5.75 Å². The molecule has 2 heteroatoms. The second-order valence-corrected chi connectivity index (χ2v) is 5.05. The summed E-state index contributed by atoms with van der Waals surface area (Å²) in [6.45, 7) is 6.28. The Balaban J connectivity index is 3.24. The second kappa shape index (κ2) is 5.98. The highest BCUT2D eigenvalue weighted by atomic mass is 35.5. The van der Waals surface area contributed by atoms with Crippen LogP contribution in [0.3, 0.4) is 0 Å². The summed E-state index contributed by atoms with van der Waals surface area (Å²) in [5.41, 5.74) is 2.23. The fourth-order valence-electron chi connectivity index (χ4n) is 1.89. The zero-order chi connectivity index (χ0) is 13.0. The lowest BCUT2D eigenvalue weighted by molar-refractivity contribution is 0.401. The van der Waals surface area contributed by atoms with Crippen molar-refractivity contribution in [2.24, 2.45) is 5.92 Å². The highest BCUT2D eigenvalue weighted by molar-refractivity contribution is 6.30. The molecule has 0 aliphatic carbocycles. The third-order valence-corrected chi connectivity index (χ3v) is 3.01. The molecule has 1 atom stereocenters. The maximum atomic E-state index is 6.14. The zero-order valence-electron chi connectivity index (χ0n) is 10.9. The average Bonchev–Trinajstić information content (AvgIpc) is 2.28. The molecule has 0 fully saturated rings. The summed E-state index contributed by atoms with van der Waals surface area (Å²) >= 11 is 6.14. The van der Waals surface area contributed by atoms with Gasteiger partial charge in [0.05, 0.1) is 7.11 Å². The van der Waals surface area contributed by atoms with Crippen molar-refractivity contribution < 1.29 is 4.74 Å². The van der Waals surface area contributed by atoms with Crippen LogP contribution in [0.15, 0.2) is 12.1 Å². The van der Waals surface area contributed by atoms with Crippen LogP contribution in [0.1, 0.15) is 37.8 Å². The molecule has 0 heterocycles. The molecule has 0 aromatic heterocycles. The molecule has 0 aliphatic rings. The lowest BCUT2D eigenvalue weighted by Gasteiger charge is -2.17. The molecular formula is C15H19ClO. The molecule has 92 valence electrons. The van der Waals surface area contributed by atoms with E-state index in [9.17, 15) is 0 Å². The van der Waals surface area contributed by atoms with Crippen molar-refractivity contribution in [3.8, 4) is 18.1 Å². The Labute approximate surface area is 109 Å². The minimum Gasteiger partial charge on any atom is -0.496 e. The second-order valence-electron chi connectivity index (χ2n) is 4.61. The van der Waals surface area contributed by atoms with Crippen molar-refractivity contribution in [1.29, 1.82) is 0 Å². The fourth-order valence-corrected chi connectivity index (χ4v) is 2.14. The molecule has 0 saturated carbocycles. The van der Waals surface area contributed by atoms with Gasteiger partial charge in [-0.1, -0.05) is 32.4 Å². The standard InChI is InChI=1S/C15H19ClO/c1-6-11(4)7-12-8-13(16)9-14(10(2)3)15(12)17-5/h1,8-11H,7H2,2-5H3. The Bertz CT molecular complexity index is 429. The van der Waals surface area contributed by atoms with Gasteiger partial charge in [-0.05, 0) is 35.6 Å². The number of halogens is 1. The lowest BCUT2D eigenvalue weighted by atomic mass is 9.94. The van der Waals surface area contributed by atoms with E-state index in [1.807, 2.05) is 19.1 Å². The lowest BCUT2D eigenvalue weighted by Crippen LogP contribution is -2.03. The molecule has 1 nitrogen and oxygen atoms in total. The van der Waals surface area contributed by atoms with Crippen molar-refractivity contribution in [2.45, 2.75) is 33.1 Å². The van der Waals surface area contributed by atoms with Gasteiger partial charge >= 0.3 is 0 Å². The predicted molar refractivity (Wildman–Crippen MR) is 73.8 cm³/mol. The molecule has 0 aliphatic heterocycles. The summed E-state index contributed by atoms with van der Waals surface area (Å²) < 4.78 is 5.51. The molecule has 0 saturated heterocycles. The average molecular weight is 251 g/mol. The zero-order valence-corrected chi connectivity index (χ0v) is 11.6. The van der Waals surface area contributed by atoms with Gasteiger partial charge in [-0.2, -0.15) is 0 Å². The van der Waals surface area contributed by atoms with Gasteiger partial charge in [-0.25, -0.2) is 0 Å². The van der Waals surface area contributed by atoms with E-state index < -0.39 is 0 Å². The molecule has 1 aromatic carbocycles. The van der Waals surface area contributed by atoms with Crippen LogP contribution in [0.4, 0.5) is 0 Å². The molecule has 0 N–H and O–H groups in total. The Morgan fingerprint density at radius 3 is 2.47 bits per heavy atom. The topological polar surface area (TPSA) is 9.23 Å². The largest absolute Gasteiger partial charge is 0.496 e.